The van der Waals surface area contributed by atoms with E-state index in [0.717, 1.165) is 11.1 Å². The Morgan fingerprint density at radius 2 is 1.94 bits per heavy atom. The maximum absolute atomic E-state index is 13.2. The van der Waals surface area contributed by atoms with Crippen LogP contribution in [-0.4, -0.2) is 38.9 Å². The van der Waals surface area contributed by atoms with Crippen LogP contribution in [0.1, 0.15) is 40.0 Å². The monoisotopic (exact) mass is 447 g/mol. The van der Waals surface area contributed by atoms with Crippen molar-refractivity contribution in [1.29, 1.82) is 0 Å². The molecule has 8 heteroatoms. The summed E-state index contributed by atoms with van der Waals surface area (Å²) < 4.78 is 13.2. The maximum atomic E-state index is 13.2. The summed E-state index contributed by atoms with van der Waals surface area (Å²) >= 11 is 0. The number of fused-ring (bicyclic) bond motifs is 1. The van der Waals surface area contributed by atoms with E-state index in [0.29, 0.717) is 34.8 Å². The van der Waals surface area contributed by atoms with E-state index in [1.54, 1.807) is 18.3 Å². The number of halogens is 1. The number of H-pyrrole nitrogens is 1. The van der Waals surface area contributed by atoms with E-state index in [4.69, 9.17) is 0 Å². The molecule has 0 aliphatic heterocycles. The second-order valence-corrected chi connectivity index (χ2v) is 8.64. The summed E-state index contributed by atoms with van der Waals surface area (Å²) in [6.07, 6.45) is 1.36. The van der Waals surface area contributed by atoms with Crippen molar-refractivity contribution in [3.05, 3.63) is 71.0 Å². The summed E-state index contributed by atoms with van der Waals surface area (Å²) in [6.45, 7) is 0. The number of benzene rings is 1. The van der Waals surface area contributed by atoms with Gasteiger partial charge in [-0.1, -0.05) is 30.3 Å². The normalized spacial score (nSPS) is 21.4. The minimum atomic E-state index is -1.10. The molecule has 2 aliphatic carbocycles. The molecule has 3 N–H and O–H groups in total. The highest BCUT2D eigenvalue weighted by Gasteiger charge is 2.43. The van der Waals surface area contributed by atoms with Gasteiger partial charge in [0.05, 0.1) is 17.5 Å². The molecule has 1 saturated carbocycles. The van der Waals surface area contributed by atoms with E-state index in [-0.39, 0.29) is 25.0 Å². The van der Waals surface area contributed by atoms with Crippen LogP contribution in [0, 0.1) is 11.8 Å². The Kier molecular flexibility index (Phi) is 5.28. The third-order valence-corrected chi connectivity index (χ3v) is 6.26. The number of nitrogens with one attached hydrogen (secondary N) is 2. The minimum absolute atomic E-state index is 0.0369. The van der Waals surface area contributed by atoms with Gasteiger partial charge in [0.25, 0.3) is 0 Å². The molecule has 33 heavy (non-hydrogen) atoms. The number of Topliss-reactive ketones (excluding diaryl/α,β-unsaturated/α-hetero) is 1. The molecule has 0 bridgehead atoms. The first-order valence-corrected chi connectivity index (χ1v) is 10.9. The molecule has 0 radical (unpaired) electrons. The van der Waals surface area contributed by atoms with E-state index in [9.17, 15) is 23.9 Å². The Morgan fingerprint density at radius 3 is 2.64 bits per heavy atom. The van der Waals surface area contributed by atoms with Crippen LogP contribution >= 0.6 is 0 Å². The van der Waals surface area contributed by atoms with Crippen molar-refractivity contribution in [3.8, 4) is 11.3 Å². The van der Waals surface area contributed by atoms with Gasteiger partial charge in [-0.3, -0.25) is 14.4 Å². The number of carboxylic acid groups (broad SMARTS) is 1. The van der Waals surface area contributed by atoms with Crippen LogP contribution in [0.3, 0.4) is 0 Å². The van der Waals surface area contributed by atoms with Gasteiger partial charge < -0.3 is 15.4 Å². The molecule has 0 spiro atoms. The number of rotatable bonds is 6. The molecule has 2 aliphatic rings. The van der Waals surface area contributed by atoms with E-state index in [1.807, 2.05) is 30.3 Å². The highest BCUT2D eigenvalue weighted by Crippen LogP contribution is 2.37. The fourth-order valence-electron chi connectivity index (χ4n) is 4.44. The lowest BCUT2D eigenvalue weighted by Crippen LogP contribution is -2.26. The van der Waals surface area contributed by atoms with Gasteiger partial charge in [0.1, 0.15) is 12.0 Å². The molecule has 1 aromatic carbocycles. The number of carbonyl (C=O) groups excluding carboxylic acids is 2. The van der Waals surface area contributed by atoms with Gasteiger partial charge >= 0.3 is 5.97 Å². The molecule has 1 unspecified atom stereocenters. The SMILES string of the molecule is O=C1C[C@@H](C(=O)O)Cc2[nH]c(-c3ccnc(NC(=O)C4C[C@H]4F)c3)c(Cc3ccccc3)c21. The van der Waals surface area contributed by atoms with Crippen molar-refractivity contribution in [2.24, 2.45) is 11.8 Å². The van der Waals surface area contributed by atoms with E-state index in [2.05, 4.69) is 15.3 Å². The highest BCUT2D eigenvalue weighted by molar-refractivity contribution is 6.03. The molecule has 168 valence electrons. The fraction of sp³-hybridized carbons (Fsp3) is 0.280. The smallest absolute Gasteiger partial charge is 0.307 e. The number of aromatic nitrogens is 2. The molecule has 2 aromatic heterocycles. The van der Waals surface area contributed by atoms with Gasteiger partial charge in [-0.25, -0.2) is 9.37 Å². The molecule has 5 rings (SSSR count). The topological polar surface area (TPSA) is 112 Å². The number of aromatic amines is 1. The van der Waals surface area contributed by atoms with Crippen LogP contribution in [0.25, 0.3) is 11.3 Å². The van der Waals surface area contributed by atoms with Crippen LogP contribution in [0.15, 0.2) is 48.7 Å². The van der Waals surface area contributed by atoms with E-state index >= 15 is 0 Å². The van der Waals surface area contributed by atoms with Crippen molar-refractivity contribution >= 4 is 23.5 Å². The summed E-state index contributed by atoms with van der Waals surface area (Å²) in [5.41, 5.74) is 4.36. The van der Waals surface area contributed by atoms with Crippen molar-refractivity contribution in [2.45, 2.75) is 31.9 Å². The number of amides is 1. The maximum Gasteiger partial charge on any atom is 0.307 e. The molecular weight excluding hydrogens is 425 g/mol. The first-order chi connectivity index (χ1) is 15.9. The molecule has 0 saturated heterocycles. The second-order valence-electron chi connectivity index (χ2n) is 8.64. The quantitative estimate of drug-likeness (QED) is 0.532. The van der Waals surface area contributed by atoms with Crippen molar-refractivity contribution in [3.63, 3.8) is 0 Å². The molecular formula is C25H22FN3O4. The van der Waals surface area contributed by atoms with Crippen LogP contribution < -0.4 is 5.32 Å². The Labute approximate surface area is 189 Å². The summed E-state index contributed by atoms with van der Waals surface area (Å²) in [4.78, 5) is 44.2. The highest BCUT2D eigenvalue weighted by atomic mass is 19.1. The zero-order valence-corrected chi connectivity index (χ0v) is 17.7. The van der Waals surface area contributed by atoms with Crippen LogP contribution in [-0.2, 0) is 22.4 Å². The van der Waals surface area contributed by atoms with Gasteiger partial charge in [-0.15, -0.1) is 0 Å². The number of aliphatic carboxylic acids is 1. The molecule has 3 aromatic rings. The zero-order valence-electron chi connectivity index (χ0n) is 17.7. The first kappa shape index (κ1) is 21.1. The summed E-state index contributed by atoms with van der Waals surface area (Å²) in [7, 11) is 0. The second kappa shape index (κ2) is 8.27. The number of carbonyl (C=O) groups is 3. The summed E-state index contributed by atoms with van der Waals surface area (Å²) in [5, 5.41) is 12.1. The van der Waals surface area contributed by atoms with E-state index in [1.165, 1.54) is 0 Å². The third kappa shape index (κ3) is 4.16. The number of anilines is 1. The summed E-state index contributed by atoms with van der Waals surface area (Å²) in [5.74, 6) is -2.68. The van der Waals surface area contributed by atoms with Crippen LogP contribution in [0.4, 0.5) is 10.2 Å². The number of ketones is 1. The number of carboxylic acids is 1. The molecule has 3 atom stereocenters. The largest absolute Gasteiger partial charge is 0.481 e. The number of hydrogen-bond donors (Lipinski definition) is 3. The lowest BCUT2D eigenvalue weighted by atomic mass is 9.84. The van der Waals surface area contributed by atoms with Gasteiger partial charge in [0.2, 0.25) is 5.91 Å². The number of nitrogens with zero attached hydrogens (tertiary/aromatic N) is 1. The molecule has 2 heterocycles. The molecule has 1 amide bonds. The standard InChI is InChI=1S/C25H22FN3O4/c26-18-12-16(18)24(31)29-21-11-14(6-7-27-21)23-17(8-13-4-2-1-3-5-13)22-19(28-23)9-15(25(32)33)10-20(22)30/h1-7,11,15-16,18,28H,8-10,12H2,(H,32,33)(H,27,29,31)/t15-,16?,18+/m0/s1. The number of pyridine rings is 1. The third-order valence-electron chi connectivity index (χ3n) is 6.26. The predicted octanol–water partition coefficient (Wildman–Crippen LogP) is 3.79. The Morgan fingerprint density at radius 1 is 1.18 bits per heavy atom. The van der Waals surface area contributed by atoms with E-state index < -0.39 is 29.9 Å². The molecule has 1 fully saturated rings. The van der Waals surface area contributed by atoms with Gasteiger partial charge in [-0.05, 0) is 29.7 Å². The Balaban J connectivity index is 1.55. The Hall–Kier alpha value is -3.81. The fourth-order valence-corrected chi connectivity index (χ4v) is 4.44. The van der Waals surface area contributed by atoms with Crippen LogP contribution in [0.2, 0.25) is 0 Å². The van der Waals surface area contributed by atoms with Crippen molar-refractivity contribution < 1.29 is 23.9 Å². The zero-order chi connectivity index (χ0) is 23.1. The van der Waals surface area contributed by atoms with Gasteiger partial charge in [-0.2, -0.15) is 0 Å². The van der Waals surface area contributed by atoms with Gasteiger partial charge in [0, 0.05) is 42.3 Å². The lowest BCUT2D eigenvalue weighted by molar-refractivity contribution is -0.141. The summed E-state index contributed by atoms with van der Waals surface area (Å²) in [6, 6.07) is 13.1. The lowest BCUT2D eigenvalue weighted by Gasteiger charge is -2.18. The van der Waals surface area contributed by atoms with Gasteiger partial charge in [0.15, 0.2) is 5.78 Å². The number of hydrogen-bond acceptors (Lipinski definition) is 4. The molecule has 7 nitrogen and oxygen atoms in total. The Bertz CT molecular complexity index is 1250. The average Bonchev–Trinajstić information content (AvgIpc) is 3.42. The average molecular weight is 447 g/mol. The van der Waals surface area contributed by atoms with Crippen molar-refractivity contribution in [2.75, 3.05) is 5.32 Å². The van der Waals surface area contributed by atoms with Crippen LogP contribution in [0.5, 0.6) is 0 Å². The minimum Gasteiger partial charge on any atom is -0.481 e. The first-order valence-electron chi connectivity index (χ1n) is 10.9. The predicted molar refractivity (Wildman–Crippen MR) is 119 cm³/mol. The number of alkyl halides is 1. The van der Waals surface area contributed by atoms with Crippen molar-refractivity contribution in [1.82, 2.24) is 9.97 Å².